The second kappa shape index (κ2) is 10.7. The summed E-state index contributed by atoms with van der Waals surface area (Å²) in [5, 5.41) is 13.4. The molecule has 1 N–H and O–H groups in total. The second-order valence-corrected chi connectivity index (χ2v) is 7.82. The maximum atomic E-state index is 12.5. The molecule has 0 bridgehead atoms. The van der Waals surface area contributed by atoms with E-state index in [0.717, 1.165) is 54.6 Å². The van der Waals surface area contributed by atoms with Gasteiger partial charge in [-0.25, -0.2) is 0 Å². The van der Waals surface area contributed by atoms with Crippen LogP contribution in [0.5, 0.6) is 5.75 Å². The average molecular weight is 430 g/mol. The predicted molar refractivity (Wildman–Crippen MR) is 124 cm³/mol. The highest BCUT2D eigenvalue weighted by atomic mass is 16.5. The molecular formula is C26H27N3O3. The number of nitriles is 1. The number of fused-ring (bicyclic) bond motifs is 1. The summed E-state index contributed by atoms with van der Waals surface area (Å²) in [4.78, 5) is 12.5. The van der Waals surface area contributed by atoms with E-state index in [0.29, 0.717) is 13.2 Å². The van der Waals surface area contributed by atoms with Crippen molar-refractivity contribution < 1.29 is 14.3 Å². The van der Waals surface area contributed by atoms with Crippen LogP contribution < -0.4 is 10.1 Å². The molecule has 1 aromatic heterocycles. The van der Waals surface area contributed by atoms with Crippen LogP contribution in [0.4, 0.5) is 0 Å². The average Bonchev–Trinajstić information content (AvgIpc) is 3.48. The van der Waals surface area contributed by atoms with E-state index >= 15 is 0 Å². The first-order valence-electron chi connectivity index (χ1n) is 11.0. The molecule has 1 fully saturated rings. The fraction of sp³-hybridized carbons (Fsp3) is 0.308. The highest BCUT2D eigenvalue weighted by Gasteiger charge is 2.18. The molecule has 1 aliphatic rings. The fourth-order valence-corrected chi connectivity index (χ4v) is 3.93. The maximum Gasteiger partial charge on any atom is 0.262 e. The summed E-state index contributed by atoms with van der Waals surface area (Å²) in [5.41, 5.74) is 2.02. The Labute approximate surface area is 188 Å². The maximum absolute atomic E-state index is 12.5. The molecule has 6 nitrogen and oxygen atoms in total. The number of amides is 1. The summed E-state index contributed by atoms with van der Waals surface area (Å²) >= 11 is 0. The van der Waals surface area contributed by atoms with Crippen molar-refractivity contribution in [1.82, 2.24) is 9.88 Å². The van der Waals surface area contributed by atoms with Crippen LogP contribution in [0.1, 0.15) is 24.8 Å². The quantitative estimate of drug-likeness (QED) is 0.312. The molecule has 0 aliphatic carbocycles. The number of carbonyl (C=O) groups excluding carboxylic acids is 1. The van der Waals surface area contributed by atoms with Gasteiger partial charge >= 0.3 is 0 Å². The summed E-state index contributed by atoms with van der Waals surface area (Å²) in [6.07, 6.45) is 6.50. The van der Waals surface area contributed by atoms with Crippen molar-refractivity contribution >= 4 is 22.9 Å². The Morgan fingerprint density at radius 2 is 2.03 bits per heavy atom. The van der Waals surface area contributed by atoms with E-state index in [9.17, 15) is 10.1 Å². The minimum Gasteiger partial charge on any atom is -0.494 e. The Morgan fingerprint density at radius 1 is 1.22 bits per heavy atom. The van der Waals surface area contributed by atoms with Gasteiger partial charge in [0.2, 0.25) is 0 Å². The third-order valence-electron chi connectivity index (χ3n) is 5.55. The molecule has 1 aliphatic heterocycles. The molecule has 1 atom stereocenters. The van der Waals surface area contributed by atoms with Gasteiger partial charge < -0.3 is 19.4 Å². The van der Waals surface area contributed by atoms with Crippen LogP contribution in [0, 0.1) is 11.3 Å². The van der Waals surface area contributed by atoms with Gasteiger partial charge in [-0.3, -0.25) is 4.79 Å². The molecule has 32 heavy (non-hydrogen) atoms. The third-order valence-corrected chi connectivity index (χ3v) is 5.55. The lowest BCUT2D eigenvalue weighted by Gasteiger charge is -2.10. The van der Waals surface area contributed by atoms with Crippen LogP contribution in [0.3, 0.4) is 0 Å². The second-order valence-electron chi connectivity index (χ2n) is 7.82. The Kier molecular flexibility index (Phi) is 7.21. The van der Waals surface area contributed by atoms with Crippen molar-refractivity contribution in [3.63, 3.8) is 0 Å². The molecular weight excluding hydrogens is 402 g/mol. The van der Waals surface area contributed by atoms with Crippen molar-refractivity contribution in [2.24, 2.45) is 0 Å². The number of ether oxygens (including phenoxy) is 2. The number of aryl methyl sites for hydroxylation is 1. The lowest BCUT2D eigenvalue weighted by atomic mass is 10.1. The zero-order chi connectivity index (χ0) is 22.2. The van der Waals surface area contributed by atoms with Gasteiger partial charge in [0, 0.05) is 42.4 Å². The minimum atomic E-state index is -0.365. The van der Waals surface area contributed by atoms with Gasteiger partial charge in [0.25, 0.3) is 5.91 Å². The number of benzene rings is 2. The van der Waals surface area contributed by atoms with Gasteiger partial charge in [-0.1, -0.05) is 36.4 Å². The van der Waals surface area contributed by atoms with E-state index in [1.165, 1.54) is 0 Å². The van der Waals surface area contributed by atoms with Crippen molar-refractivity contribution in [3.05, 3.63) is 71.9 Å². The number of para-hydroxylation sites is 2. The molecule has 1 amide bonds. The summed E-state index contributed by atoms with van der Waals surface area (Å²) in [6, 6.07) is 19.8. The number of nitrogens with one attached hydrogen (secondary N) is 1. The van der Waals surface area contributed by atoms with E-state index in [1.807, 2.05) is 66.9 Å². The number of nitrogens with zero attached hydrogens (tertiary/aromatic N) is 2. The lowest BCUT2D eigenvalue weighted by molar-refractivity contribution is -0.117. The molecule has 3 aromatic rings. The fourth-order valence-electron chi connectivity index (χ4n) is 3.93. The Morgan fingerprint density at radius 3 is 2.81 bits per heavy atom. The highest BCUT2D eigenvalue weighted by Crippen LogP contribution is 2.24. The van der Waals surface area contributed by atoms with Crippen LogP contribution in [0.25, 0.3) is 17.0 Å². The number of rotatable bonds is 9. The zero-order valence-electron chi connectivity index (χ0n) is 18.0. The summed E-state index contributed by atoms with van der Waals surface area (Å²) in [5.74, 6) is 0.497. The van der Waals surface area contributed by atoms with Gasteiger partial charge in [0.15, 0.2) is 0 Å². The topological polar surface area (TPSA) is 76.3 Å². The standard InChI is InChI=1S/C26H27N3O3/c27-17-20(26(30)28-18-23-10-6-14-32-23)16-21-19-29(25-12-5-4-11-24(21)25)13-7-15-31-22-8-2-1-3-9-22/h1-5,8-9,11-12,16,19,23H,6-7,10,13-15,18H2,(H,28,30)/b20-16+/t23-/m0/s1. The Bertz CT molecular complexity index is 1120. The lowest BCUT2D eigenvalue weighted by Crippen LogP contribution is -2.32. The number of aromatic nitrogens is 1. The van der Waals surface area contributed by atoms with Crippen LogP contribution in [0.2, 0.25) is 0 Å². The molecule has 4 rings (SSSR count). The monoisotopic (exact) mass is 429 g/mol. The molecule has 0 saturated carbocycles. The third kappa shape index (κ3) is 5.37. The molecule has 164 valence electrons. The van der Waals surface area contributed by atoms with Crippen LogP contribution in [-0.4, -0.2) is 36.3 Å². The summed E-state index contributed by atoms with van der Waals surface area (Å²) < 4.78 is 13.5. The van der Waals surface area contributed by atoms with Crippen molar-refractivity contribution in [2.75, 3.05) is 19.8 Å². The van der Waals surface area contributed by atoms with Crippen LogP contribution >= 0.6 is 0 Å². The normalized spacial score (nSPS) is 16.1. The predicted octanol–water partition coefficient (Wildman–Crippen LogP) is 4.31. The molecule has 0 radical (unpaired) electrons. The van der Waals surface area contributed by atoms with Crippen molar-refractivity contribution in [3.8, 4) is 11.8 Å². The molecule has 6 heteroatoms. The van der Waals surface area contributed by atoms with Gasteiger partial charge in [-0.05, 0) is 43.5 Å². The van der Waals surface area contributed by atoms with Crippen LogP contribution in [-0.2, 0) is 16.1 Å². The number of carbonyl (C=O) groups is 1. The van der Waals surface area contributed by atoms with Crippen molar-refractivity contribution in [2.45, 2.75) is 31.9 Å². The number of hydrogen-bond donors (Lipinski definition) is 1. The molecule has 2 heterocycles. The first-order chi connectivity index (χ1) is 15.7. The van der Waals surface area contributed by atoms with E-state index in [4.69, 9.17) is 9.47 Å². The smallest absolute Gasteiger partial charge is 0.262 e. The first-order valence-corrected chi connectivity index (χ1v) is 11.0. The Hall–Kier alpha value is -3.56. The molecule has 0 spiro atoms. The van der Waals surface area contributed by atoms with E-state index in [-0.39, 0.29) is 17.6 Å². The number of hydrogen-bond acceptors (Lipinski definition) is 4. The van der Waals surface area contributed by atoms with Crippen molar-refractivity contribution in [1.29, 1.82) is 5.26 Å². The summed E-state index contributed by atoms with van der Waals surface area (Å²) in [6.45, 7) is 2.55. The minimum absolute atomic E-state index is 0.0407. The van der Waals surface area contributed by atoms with Gasteiger partial charge in [-0.15, -0.1) is 0 Å². The molecule has 0 unspecified atom stereocenters. The highest BCUT2D eigenvalue weighted by molar-refractivity contribution is 6.04. The first kappa shape index (κ1) is 21.7. The van der Waals surface area contributed by atoms with Gasteiger partial charge in [0.1, 0.15) is 17.4 Å². The molecule has 1 saturated heterocycles. The van der Waals surface area contributed by atoms with Gasteiger partial charge in [-0.2, -0.15) is 5.26 Å². The Balaban J connectivity index is 1.44. The SMILES string of the molecule is N#C/C(=C\c1cn(CCCOc2ccccc2)c2ccccc12)C(=O)NC[C@@H]1CCCO1. The van der Waals surface area contributed by atoms with Crippen LogP contribution in [0.15, 0.2) is 66.4 Å². The van der Waals surface area contributed by atoms with Gasteiger partial charge in [0.05, 0.1) is 12.7 Å². The summed E-state index contributed by atoms with van der Waals surface area (Å²) in [7, 11) is 0. The van der Waals surface area contributed by atoms with E-state index < -0.39 is 0 Å². The van der Waals surface area contributed by atoms with E-state index in [1.54, 1.807) is 6.08 Å². The largest absolute Gasteiger partial charge is 0.494 e. The molecule has 2 aromatic carbocycles. The zero-order valence-corrected chi connectivity index (χ0v) is 18.0. The van der Waals surface area contributed by atoms with E-state index in [2.05, 4.69) is 9.88 Å².